The van der Waals surface area contributed by atoms with Crippen LogP contribution in [-0.4, -0.2) is 21.5 Å². The van der Waals surface area contributed by atoms with Crippen molar-refractivity contribution in [3.63, 3.8) is 0 Å². The number of hydrogen-bond acceptors (Lipinski definition) is 5. The smallest absolute Gasteiger partial charge is 0.349 e. The second-order valence-electron chi connectivity index (χ2n) is 4.56. The molecule has 3 aromatic rings. The van der Waals surface area contributed by atoms with Crippen LogP contribution >= 0.6 is 11.3 Å². The molecule has 2 aromatic carbocycles. The number of rotatable bonds is 3. The summed E-state index contributed by atoms with van der Waals surface area (Å²) < 4.78 is 31.4. The first kappa shape index (κ1) is 14.7. The summed E-state index contributed by atoms with van der Waals surface area (Å²) >= 11 is 1.12. The Bertz CT molecular complexity index is 941. The van der Waals surface area contributed by atoms with Crippen LogP contribution in [0.4, 0.5) is 0 Å². The van der Waals surface area contributed by atoms with Gasteiger partial charge in [0.15, 0.2) is 0 Å². The molecule has 6 heteroatoms. The van der Waals surface area contributed by atoms with Gasteiger partial charge >= 0.3 is 5.97 Å². The molecule has 4 nitrogen and oxygen atoms in total. The molecule has 0 unspecified atom stereocenters. The van der Waals surface area contributed by atoms with Crippen molar-refractivity contribution in [2.45, 2.75) is 9.79 Å². The second-order valence-corrected chi connectivity index (χ2v) is 7.50. The van der Waals surface area contributed by atoms with Crippen molar-refractivity contribution in [1.82, 2.24) is 0 Å². The number of fused-ring (bicyclic) bond motifs is 1. The third-order valence-corrected chi connectivity index (χ3v) is 6.38. The van der Waals surface area contributed by atoms with Gasteiger partial charge in [-0.2, -0.15) is 0 Å². The highest BCUT2D eigenvalue weighted by molar-refractivity contribution is 7.92. The van der Waals surface area contributed by atoms with Crippen LogP contribution < -0.4 is 0 Å². The lowest BCUT2D eigenvalue weighted by Crippen LogP contribution is -2.08. The molecule has 1 aromatic heterocycles. The van der Waals surface area contributed by atoms with Crippen LogP contribution in [0, 0.1) is 0 Å². The SMILES string of the molecule is COC(=O)c1sc2ccccc2c1S(=O)(=O)c1ccccc1. The van der Waals surface area contributed by atoms with Gasteiger partial charge in [-0.3, -0.25) is 0 Å². The van der Waals surface area contributed by atoms with E-state index in [-0.39, 0.29) is 14.7 Å². The molecule has 0 saturated carbocycles. The molecule has 0 fully saturated rings. The van der Waals surface area contributed by atoms with Gasteiger partial charge < -0.3 is 4.74 Å². The van der Waals surface area contributed by atoms with Crippen molar-refractivity contribution >= 4 is 37.2 Å². The van der Waals surface area contributed by atoms with Gasteiger partial charge in [-0.25, -0.2) is 13.2 Å². The summed E-state index contributed by atoms with van der Waals surface area (Å²) in [6, 6.07) is 15.1. The fraction of sp³-hybridized carbons (Fsp3) is 0.0625. The third-order valence-electron chi connectivity index (χ3n) is 3.24. The molecule has 0 N–H and O–H groups in total. The number of methoxy groups -OCH3 is 1. The summed E-state index contributed by atoms with van der Waals surface area (Å²) in [5.74, 6) is -0.643. The zero-order chi connectivity index (χ0) is 15.7. The monoisotopic (exact) mass is 332 g/mol. The van der Waals surface area contributed by atoms with Crippen LogP contribution in [0.3, 0.4) is 0 Å². The van der Waals surface area contributed by atoms with Crippen LogP contribution in [0.2, 0.25) is 0 Å². The number of sulfone groups is 1. The van der Waals surface area contributed by atoms with Crippen LogP contribution in [-0.2, 0) is 14.6 Å². The summed E-state index contributed by atoms with van der Waals surface area (Å²) in [6.07, 6.45) is 0. The van der Waals surface area contributed by atoms with E-state index in [9.17, 15) is 13.2 Å². The molecule has 0 bridgehead atoms. The maximum Gasteiger partial charge on any atom is 0.349 e. The van der Waals surface area contributed by atoms with Gasteiger partial charge in [-0.1, -0.05) is 36.4 Å². The van der Waals surface area contributed by atoms with Crippen molar-refractivity contribution in [3.05, 3.63) is 59.5 Å². The molecule has 0 aliphatic carbocycles. The largest absolute Gasteiger partial charge is 0.465 e. The summed E-state index contributed by atoms with van der Waals surface area (Å²) in [5, 5.41) is 0.539. The van der Waals surface area contributed by atoms with E-state index in [1.54, 1.807) is 42.5 Å². The fourth-order valence-electron chi connectivity index (χ4n) is 2.23. The van der Waals surface area contributed by atoms with E-state index in [2.05, 4.69) is 0 Å². The third kappa shape index (κ3) is 2.30. The first-order chi connectivity index (χ1) is 10.6. The van der Waals surface area contributed by atoms with Crippen LogP contribution in [0.25, 0.3) is 10.1 Å². The maximum atomic E-state index is 12.9. The van der Waals surface area contributed by atoms with Crippen molar-refractivity contribution < 1.29 is 17.9 Å². The summed E-state index contributed by atoms with van der Waals surface area (Å²) in [6.45, 7) is 0. The lowest BCUT2D eigenvalue weighted by Gasteiger charge is -2.06. The highest BCUT2D eigenvalue weighted by atomic mass is 32.2. The van der Waals surface area contributed by atoms with E-state index in [0.717, 1.165) is 16.0 Å². The molecule has 22 heavy (non-hydrogen) atoms. The van der Waals surface area contributed by atoms with Crippen LogP contribution in [0.15, 0.2) is 64.4 Å². The molecule has 0 aliphatic heterocycles. The number of benzene rings is 2. The summed E-state index contributed by atoms with van der Waals surface area (Å²) in [7, 11) is -2.56. The molecular weight excluding hydrogens is 320 g/mol. The van der Waals surface area contributed by atoms with E-state index in [4.69, 9.17) is 4.74 Å². The summed E-state index contributed by atoms with van der Waals surface area (Å²) in [4.78, 5) is 12.3. The van der Waals surface area contributed by atoms with Gasteiger partial charge in [-0.05, 0) is 18.2 Å². The zero-order valence-corrected chi connectivity index (χ0v) is 13.3. The number of esters is 1. The Hall–Kier alpha value is -2.18. The second kappa shape index (κ2) is 5.55. The van der Waals surface area contributed by atoms with Gasteiger partial charge in [0, 0.05) is 10.1 Å². The Labute approximate surface area is 131 Å². The molecule has 0 aliphatic rings. The average molecular weight is 332 g/mol. The minimum atomic E-state index is -3.80. The Morgan fingerprint density at radius 2 is 1.64 bits per heavy atom. The van der Waals surface area contributed by atoms with Gasteiger partial charge in [0.05, 0.1) is 12.0 Å². The van der Waals surface area contributed by atoms with Crippen molar-refractivity contribution in [1.29, 1.82) is 0 Å². The first-order valence-electron chi connectivity index (χ1n) is 6.45. The fourth-order valence-corrected chi connectivity index (χ4v) is 5.31. The molecule has 1 heterocycles. The first-order valence-corrected chi connectivity index (χ1v) is 8.75. The zero-order valence-electron chi connectivity index (χ0n) is 11.6. The molecule has 0 atom stereocenters. The molecule has 0 saturated heterocycles. The highest BCUT2D eigenvalue weighted by Crippen LogP contribution is 2.38. The number of carbonyl (C=O) groups is 1. The number of thiophene rings is 1. The van der Waals surface area contributed by atoms with Crippen molar-refractivity contribution in [2.75, 3.05) is 7.11 Å². The van der Waals surface area contributed by atoms with Crippen molar-refractivity contribution in [2.24, 2.45) is 0 Å². The van der Waals surface area contributed by atoms with Gasteiger partial charge in [-0.15, -0.1) is 11.3 Å². The minimum Gasteiger partial charge on any atom is -0.465 e. The van der Waals surface area contributed by atoms with E-state index >= 15 is 0 Å². The molecule has 0 amide bonds. The number of hydrogen-bond donors (Lipinski definition) is 0. The molecule has 0 radical (unpaired) electrons. The van der Waals surface area contributed by atoms with E-state index in [1.807, 2.05) is 0 Å². The van der Waals surface area contributed by atoms with Crippen LogP contribution in [0.5, 0.6) is 0 Å². The Morgan fingerprint density at radius 1 is 1.00 bits per heavy atom. The van der Waals surface area contributed by atoms with Gasteiger partial charge in [0.2, 0.25) is 9.84 Å². The van der Waals surface area contributed by atoms with E-state index in [1.165, 1.54) is 19.2 Å². The molecular formula is C16H12O4S2. The highest BCUT2D eigenvalue weighted by Gasteiger charge is 2.30. The predicted molar refractivity (Wildman–Crippen MR) is 85.1 cm³/mol. The van der Waals surface area contributed by atoms with Gasteiger partial charge in [0.25, 0.3) is 0 Å². The number of ether oxygens (including phenoxy) is 1. The lowest BCUT2D eigenvalue weighted by atomic mass is 10.2. The van der Waals surface area contributed by atoms with E-state index < -0.39 is 15.8 Å². The number of carbonyl (C=O) groups excluding carboxylic acids is 1. The molecule has 112 valence electrons. The maximum absolute atomic E-state index is 12.9. The lowest BCUT2D eigenvalue weighted by molar-refractivity contribution is 0.0602. The Balaban J connectivity index is 2.36. The van der Waals surface area contributed by atoms with Crippen LogP contribution in [0.1, 0.15) is 9.67 Å². The van der Waals surface area contributed by atoms with E-state index in [0.29, 0.717) is 5.39 Å². The normalized spacial score (nSPS) is 11.5. The Morgan fingerprint density at radius 3 is 2.32 bits per heavy atom. The minimum absolute atomic E-state index is 0.0196. The van der Waals surface area contributed by atoms with Gasteiger partial charge in [0.1, 0.15) is 9.77 Å². The predicted octanol–water partition coefficient (Wildman–Crippen LogP) is 3.52. The average Bonchev–Trinajstić information content (AvgIpc) is 2.95. The molecule has 3 rings (SSSR count). The Kier molecular flexibility index (Phi) is 3.72. The molecule has 0 spiro atoms. The standard InChI is InChI=1S/C16H12O4S2/c1-20-16(17)14-15(12-9-5-6-10-13(12)21-14)22(18,19)11-7-3-2-4-8-11/h2-10H,1H3. The van der Waals surface area contributed by atoms with Crippen molar-refractivity contribution in [3.8, 4) is 0 Å². The quantitative estimate of drug-likeness (QED) is 0.689. The summed E-state index contributed by atoms with van der Waals surface area (Å²) in [5.41, 5.74) is 0. The topological polar surface area (TPSA) is 60.4 Å².